The summed E-state index contributed by atoms with van der Waals surface area (Å²) in [6.45, 7) is 6.60. The second kappa shape index (κ2) is 6.36. The third-order valence-electron chi connectivity index (χ3n) is 3.52. The maximum absolute atomic E-state index is 12.0. The largest absolute Gasteiger partial charge is 0.480 e. The van der Waals surface area contributed by atoms with E-state index in [4.69, 9.17) is 16.3 Å². The van der Waals surface area contributed by atoms with Crippen LogP contribution in [0.1, 0.15) is 33.3 Å². The van der Waals surface area contributed by atoms with E-state index < -0.39 is 23.2 Å². The van der Waals surface area contributed by atoms with Crippen LogP contribution < -0.4 is 5.32 Å². The number of halogens is 1. The van der Waals surface area contributed by atoms with Crippen molar-refractivity contribution in [2.24, 2.45) is 0 Å². The van der Waals surface area contributed by atoms with Gasteiger partial charge in [0.05, 0.1) is 0 Å². The maximum Gasteiger partial charge on any atom is 0.408 e. The fourth-order valence-corrected chi connectivity index (χ4v) is 2.56. The summed E-state index contributed by atoms with van der Waals surface area (Å²) in [6, 6.07) is 5.32. The van der Waals surface area contributed by atoms with Crippen LogP contribution in [0.4, 0.5) is 4.79 Å². The second-order valence-electron chi connectivity index (χ2n) is 6.94. The molecule has 0 aliphatic heterocycles. The first kappa shape index (κ1) is 18.1. The van der Waals surface area contributed by atoms with Gasteiger partial charge in [0.1, 0.15) is 11.1 Å². The Hall–Kier alpha value is -2.21. The van der Waals surface area contributed by atoms with E-state index in [2.05, 4.69) is 10.3 Å². The molecule has 0 aliphatic rings. The number of H-pyrrole nitrogens is 1. The highest BCUT2D eigenvalue weighted by Gasteiger charge is 2.37. The summed E-state index contributed by atoms with van der Waals surface area (Å²) >= 11 is 5.95. The van der Waals surface area contributed by atoms with Gasteiger partial charge in [0.15, 0.2) is 0 Å². The molecule has 0 saturated carbocycles. The normalized spacial score (nSPS) is 14.2. The third-order valence-corrected chi connectivity index (χ3v) is 3.76. The standard InChI is InChI=1S/C17H21ClN2O4/c1-16(2,3)24-15(23)20-17(4,14(21)22)8-10-9-19-13-7-11(18)5-6-12(10)13/h5-7,9,19H,8H2,1-4H3,(H,20,23)(H,21,22)/t17-/m0/s1. The van der Waals surface area contributed by atoms with Crippen LogP contribution in [-0.4, -0.2) is 33.3 Å². The highest BCUT2D eigenvalue weighted by atomic mass is 35.5. The number of carbonyl (C=O) groups is 2. The van der Waals surface area contributed by atoms with Gasteiger partial charge in [-0.1, -0.05) is 17.7 Å². The van der Waals surface area contributed by atoms with E-state index in [1.807, 2.05) is 6.07 Å². The summed E-state index contributed by atoms with van der Waals surface area (Å²) in [4.78, 5) is 26.8. The molecule has 1 heterocycles. The van der Waals surface area contributed by atoms with E-state index in [0.29, 0.717) is 5.02 Å². The average molecular weight is 353 g/mol. The van der Waals surface area contributed by atoms with Crippen LogP contribution >= 0.6 is 11.6 Å². The lowest BCUT2D eigenvalue weighted by Gasteiger charge is -2.28. The summed E-state index contributed by atoms with van der Waals surface area (Å²) in [5.74, 6) is -1.14. The number of benzene rings is 1. The molecule has 6 nitrogen and oxygen atoms in total. The summed E-state index contributed by atoms with van der Waals surface area (Å²) in [6.07, 6.45) is 1.05. The second-order valence-corrected chi connectivity index (χ2v) is 7.38. The first-order chi connectivity index (χ1) is 11.0. The molecule has 0 unspecified atom stereocenters. The van der Waals surface area contributed by atoms with Gasteiger partial charge in [0.25, 0.3) is 0 Å². The minimum Gasteiger partial charge on any atom is -0.480 e. The van der Waals surface area contributed by atoms with Crippen LogP contribution in [-0.2, 0) is 16.0 Å². The van der Waals surface area contributed by atoms with Crippen LogP contribution in [0.15, 0.2) is 24.4 Å². The fraction of sp³-hybridized carbons (Fsp3) is 0.412. The van der Waals surface area contributed by atoms with Gasteiger partial charge in [-0.2, -0.15) is 0 Å². The molecular weight excluding hydrogens is 332 g/mol. The Morgan fingerprint density at radius 1 is 1.29 bits per heavy atom. The lowest BCUT2D eigenvalue weighted by Crippen LogP contribution is -2.54. The maximum atomic E-state index is 12.0. The zero-order valence-electron chi connectivity index (χ0n) is 14.1. The molecular formula is C17H21ClN2O4. The number of carboxylic acids is 1. The first-order valence-corrected chi connectivity index (χ1v) is 7.88. The van der Waals surface area contributed by atoms with Crippen LogP contribution in [0.5, 0.6) is 0 Å². The molecule has 0 spiro atoms. The smallest absolute Gasteiger partial charge is 0.408 e. The van der Waals surface area contributed by atoms with E-state index in [9.17, 15) is 14.7 Å². The molecule has 130 valence electrons. The van der Waals surface area contributed by atoms with Gasteiger partial charge in [0.2, 0.25) is 0 Å². The number of carboxylic acid groups (broad SMARTS) is 1. The minimum atomic E-state index is -1.50. The minimum absolute atomic E-state index is 0.100. The van der Waals surface area contributed by atoms with Crippen molar-refractivity contribution in [2.45, 2.75) is 45.3 Å². The average Bonchev–Trinajstić information content (AvgIpc) is 2.78. The van der Waals surface area contributed by atoms with E-state index in [1.54, 1.807) is 39.1 Å². The number of hydrogen-bond donors (Lipinski definition) is 3. The lowest BCUT2D eigenvalue weighted by atomic mass is 9.93. The highest BCUT2D eigenvalue weighted by Crippen LogP contribution is 2.25. The van der Waals surface area contributed by atoms with Crippen molar-refractivity contribution >= 4 is 34.6 Å². The number of aromatic amines is 1. The van der Waals surface area contributed by atoms with E-state index >= 15 is 0 Å². The molecule has 1 aromatic carbocycles. The van der Waals surface area contributed by atoms with Gasteiger partial charge in [-0.3, -0.25) is 0 Å². The van der Waals surface area contributed by atoms with Crippen LogP contribution in [0.3, 0.4) is 0 Å². The molecule has 2 rings (SSSR count). The van der Waals surface area contributed by atoms with Crippen molar-refractivity contribution in [3.05, 3.63) is 35.0 Å². The Balaban J connectivity index is 2.26. The number of ether oxygens (including phenoxy) is 1. The van der Waals surface area contributed by atoms with Gasteiger partial charge >= 0.3 is 12.1 Å². The predicted octanol–water partition coefficient (Wildman–Crippen LogP) is 3.73. The van der Waals surface area contributed by atoms with Crippen molar-refractivity contribution in [2.75, 3.05) is 0 Å². The van der Waals surface area contributed by atoms with Crippen LogP contribution in [0.2, 0.25) is 5.02 Å². The Labute approximate surface area is 145 Å². The predicted molar refractivity (Wildman–Crippen MR) is 92.4 cm³/mol. The quantitative estimate of drug-likeness (QED) is 0.781. The molecule has 0 aliphatic carbocycles. The molecule has 0 saturated heterocycles. The van der Waals surface area contributed by atoms with Gasteiger partial charge in [-0.05, 0) is 45.4 Å². The molecule has 1 atom stereocenters. The lowest BCUT2D eigenvalue weighted by molar-refractivity contribution is -0.144. The number of aliphatic carboxylic acids is 1. The first-order valence-electron chi connectivity index (χ1n) is 7.50. The summed E-state index contributed by atoms with van der Waals surface area (Å²) in [7, 11) is 0. The summed E-state index contributed by atoms with van der Waals surface area (Å²) in [5, 5.41) is 13.5. The zero-order chi connectivity index (χ0) is 18.1. The Bertz CT molecular complexity index is 778. The molecule has 7 heteroatoms. The van der Waals surface area contributed by atoms with Gasteiger partial charge in [-0.25, -0.2) is 9.59 Å². The number of alkyl carbamates (subject to hydrolysis) is 1. The highest BCUT2D eigenvalue weighted by molar-refractivity contribution is 6.31. The Morgan fingerprint density at radius 3 is 2.54 bits per heavy atom. The fourth-order valence-electron chi connectivity index (χ4n) is 2.39. The van der Waals surface area contributed by atoms with Gasteiger partial charge in [-0.15, -0.1) is 0 Å². The number of aromatic nitrogens is 1. The molecule has 0 bridgehead atoms. The monoisotopic (exact) mass is 352 g/mol. The van der Waals surface area contributed by atoms with E-state index in [-0.39, 0.29) is 6.42 Å². The van der Waals surface area contributed by atoms with Crippen molar-refractivity contribution < 1.29 is 19.4 Å². The molecule has 1 amide bonds. The molecule has 0 fully saturated rings. The van der Waals surface area contributed by atoms with Gasteiger partial charge < -0.3 is 20.1 Å². The molecule has 2 aromatic rings. The Kier molecular flexibility index (Phi) is 4.80. The Morgan fingerprint density at radius 2 is 1.96 bits per heavy atom. The number of hydrogen-bond acceptors (Lipinski definition) is 3. The topological polar surface area (TPSA) is 91.4 Å². The van der Waals surface area contributed by atoms with Crippen molar-refractivity contribution in [1.29, 1.82) is 0 Å². The molecule has 0 radical (unpaired) electrons. The third kappa shape index (κ3) is 4.20. The molecule has 24 heavy (non-hydrogen) atoms. The van der Waals surface area contributed by atoms with Crippen molar-refractivity contribution in [3.8, 4) is 0 Å². The molecule has 3 N–H and O–H groups in total. The number of nitrogens with one attached hydrogen (secondary N) is 2. The van der Waals surface area contributed by atoms with Crippen LogP contribution in [0, 0.1) is 0 Å². The SMILES string of the molecule is CC(C)(C)OC(=O)N[C@@](C)(Cc1c[nH]c2cc(Cl)ccc12)C(=O)O. The zero-order valence-corrected chi connectivity index (χ0v) is 14.8. The van der Waals surface area contributed by atoms with E-state index in [0.717, 1.165) is 16.5 Å². The van der Waals surface area contributed by atoms with E-state index in [1.165, 1.54) is 6.92 Å². The number of fused-ring (bicyclic) bond motifs is 1. The number of carbonyl (C=O) groups excluding carboxylic acids is 1. The van der Waals surface area contributed by atoms with Crippen molar-refractivity contribution in [3.63, 3.8) is 0 Å². The molecule has 1 aromatic heterocycles. The summed E-state index contributed by atoms with van der Waals surface area (Å²) < 4.78 is 5.17. The number of rotatable bonds is 4. The number of amides is 1. The van der Waals surface area contributed by atoms with Crippen molar-refractivity contribution in [1.82, 2.24) is 10.3 Å². The van der Waals surface area contributed by atoms with Gasteiger partial charge in [0, 0.05) is 28.5 Å². The van der Waals surface area contributed by atoms with Crippen LogP contribution in [0.25, 0.3) is 10.9 Å². The summed E-state index contributed by atoms with van der Waals surface area (Å²) in [5.41, 5.74) is -0.636.